The Kier molecular flexibility index (Phi) is 2.80. The van der Waals surface area contributed by atoms with Crippen molar-refractivity contribution in [2.24, 2.45) is 5.73 Å². The van der Waals surface area contributed by atoms with Crippen molar-refractivity contribution < 1.29 is 4.74 Å². The summed E-state index contributed by atoms with van der Waals surface area (Å²) in [5.74, 6) is 1.84. The highest BCUT2D eigenvalue weighted by Gasteiger charge is 2.20. The molecule has 3 rings (SSSR count). The van der Waals surface area contributed by atoms with Gasteiger partial charge in [0.15, 0.2) is 0 Å². The van der Waals surface area contributed by atoms with E-state index in [1.165, 1.54) is 0 Å². The van der Waals surface area contributed by atoms with Crippen LogP contribution in [-0.2, 0) is 6.54 Å². The van der Waals surface area contributed by atoms with Crippen LogP contribution in [-0.4, -0.2) is 16.7 Å². The molecule has 1 aromatic heterocycles. The number of methoxy groups -OCH3 is 1. The van der Waals surface area contributed by atoms with Crippen LogP contribution < -0.4 is 10.5 Å². The second-order valence-electron chi connectivity index (χ2n) is 4.64. The number of fused-ring (bicyclic) bond motifs is 1. The van der Waals surface area contributed by atoms with Gasteiger partial charge < -0.3 is 15.0 Å². The SMILES string of the molecule is COc1cccc(-c2ncc3n2CCCC3N)c1. The Bertz CT molecular complexity index is 562. The zero-order valence-electron chi connectivity index (χ0n) is 10.5. The molecule has 4 heteroatoms. The third-order valence-corrected chi connectivity index (χ3v) is 3.49. The number of benzene rings is 1. The Balaban J connectivity index is 2.06. The van der Waals surface area contributed by atoms with E-state index in [2.05, 4.69) is 15.6 Å². The highest BCUT2D eigenvalue weighted by molar-refractivity contribution is 5.59. The molecule has 0 fully saturated rings. The average Bonchev–Trinajstić information content (AvgIpc) is 2.84. The minimum absolute atomic E-state index is 0.116. The van der Waals surface area contributed by atoms with Crippen molar-refractivity contribution in [2.45, 2.75) is 25.4 Å². The summed E-state index contributed by atoms with van der Waals surface area (Å²) in [5, 5.41) is 0. The molecule has 0 amide bonds. The maximum absolute atomic E-state index is 6.11. The fourth-order valence-electron chi connectivity index (χ4n) is 2.53. The number of nitrogens with zero attached hydrogens (tertiary/aromatic N) is 2. The van der Waals surface area contributed by atoms with E-state index in [1.54, 1.807) is 7.11 Å². The lowest BCUT2D eigenvalue weighted by atomic mass is 10.1. The van der Waals surface area contributed by atoms with Gasteiger partial charge >= 0.3 is 0 Å². The van der Waals surface area contributed by atoms with Crippen molar-refractivity contribution in [3.05, 3.63) is 36.2 Å². The summed E-state index contributed by atoms with van der Waals surface area (Å²) in [6.45, 7) is 0.996. The Hall–Kier alpha value is -1.81. The second-order valence-corrected chi connectivity index (χ2v) is 4.64. The Morgan fingerprint density at radius 1 is 1.44 bits per heavy atom. The predicted octanol–water partition coefficient (Wildman–Crippen LogP) is 2.35. The molecule has 2 heterocycles. The molecule has 18 heavy (non-hydrogen) atoms. The highest BCUT2D eigenvalue weighted by atomic mass is 16.5. The number of nitrogens with two attached hydrogens (primary N) is 1. The number of ether oxygens (including phenoxy) is 1. The fourth-order valence-corrected chi connectivity index (χ4v) is 2.53. The summed E-state index contributed by atoms with van der Waals surface area (Å²) in [5.41, 5.74) is 8.32. The molecule has 2 N–H and O–H groups in total. The maximum Gasteiger partial charge on any atom is 0.140 e. The molecule has 0 saturated carbocycles. The topological polar surface area (TPSA) is 53.1 Å². The van der Waals surface area contributed by atoms with Crippen LogP contribution in [0.2, 0.25) is 0 Å². The molecule has 94 valence electrons. The molecular weight excluding hydrogens is 226 g/mol. The molecule has 4 nitrogen and oxygen atoms in total. The molecule has 1 aliphatic rings. The molecule has 1 aromatic carbocycles. The van der Waals surface area contributed by atoms with E-state index in [0.29, 0.717) is 0 Å². The molecule has 1 unspecified atom stereocenters. The van der Waals surface area contributed by atoms with E-state index in [4.69, 9.17) is 10.5 Å². The highest BCUT2D eigenvalue weighted by Crippen LogP contribution is 2.30. The van der Waals surface area contributed by atoms with Crippen LogP contribution in [0.1, 0.15) is 24.6 Å². The molecule has 0 spiro atoms. The minimum Gasteiger partial charge on any atom is -0.497 e. The van der Waals surface area contributed by atoms with Crippen LogP contribution in [0.3, 0.4) is 0 Å². The summed E-state index contributed by atoms with van der Waals surface area (Å²) < 4.78 is 7.48. The van der Waals surface area contributed by atoms with Crippen LogP contribution in [0.15, 0.2) is 30.5 Å². The van der Waals surface area contributed by atoms with Gasteiger partial charge in [-0.2, -0.15) is 0 Å². The van der Waals surface area contributed by atoms with Crippen LogP contribution >= 0.6 is 0 Å². The number of hydrogen-bond donors (Lipinski definition) is 1. The van der Waals surface area contributed by atoms with Crippen LogP contribution in [0.4, 0.5) is 0 Å². The first kappa shape index (κ1) is 11.3. The Morgan fingerprint density at radius 3 is 3.17 bits per heavy atom. The van der Waals surface area contributed by atoms with Gasteiger partial charge in [0.05, 0.1) is 19.0 Å². The van der Waals surface area contributed by atoms with Crippen LogP contribution in [0.5, 0.6) is 5.75 Å². The summed E-state index contributed by atoms with van der Waals surface area (Å²) in [6.07, 6.45) is 4.06. The molecule has 0 saturated heterocycles. The van der Waals surface area contributed by atoms with E-state index in [0.717, 1.165) is 42.2 Å². The normalized spacial score (nSPS) is 18.4. The van der Waals surface area contributed by atoms with Gasteiger partial charge in [-0.05, 0) is 25.0 Å². The third kappa shape index (κ3) is 1.78. The van der Waals surface area contributed by atoms with Gasteiger partial charge in [0.25, 0.3) is 0 Å². The number of hydrogen-bond acceptors (Lipinski definition) is 3. The van der Waals surface area contributed by atoms with Crippen LogP contribution in [0.25, 0.3) is 11.4 Å². The van der Waals surface area contributed by atoms with E-state index in [1.807, 2.05) is 24.4 Å². The van der Waals surface area contributed by atoms with E-state index in [-0.39, 0.29) is 6.04 Å². The zero-order valence-corrected chi connectivity index (χ0v) is 10.5. The molecule has 0 bridgehead atoms. The zero-order chi connectivity index (χ0) is 12.5. The summed E-state index contributed by atoms with van der Waals surface area (Å²) in [6, 6.07) is 8.10. The Labute approximate surface area is 106 Å². The molecule has 0 radical (unpaired) electrons. The van der Waals surface area contributed by atoms with Crippen molar-refractivity contribution in [3.63, 3.8) is 0 Å². The first-order chi connectivity index (χ1) is 8.79. The summed E-state index contributed by atoms with van der Waals surface area (Å²) in [7, 11) is 1.68. The average molecular weight is 243 g/mol. The van der Waals surface area contributed by atoms with Gasteiger partial charge in [0.1, 0.15) is 11.6 Å². The fraction of sp³-hybridized carbons (Fsp3) is 0.357. The van der Waals surface area contributed by atoms with E-state index in [9.17, 15) is 0 Å². The molecular formula is C14H17N3O. The predicted molar refractivity (Wildman–Crippen MR) is 70.4 cm³/mol. The van der Waals surface area contributed by atoms with E-state index < -0.39 is 0 Å². The lowest BCUT2D eigenvalue weighted by Gasteiger charge is -2.22. The third-order valence-electron chi connectivity index (χ3n) is 3.49. The molecule has 2 aromatic rings. The smallest absolute Gasteiger partial charge is 0.140 e. The lowest BCUT2D eigenvalue weighted by Crippen LogP contribution is -2.21. The van der Waals surface area contributed by atoms with Crippen molar-refractivity contribution >= 4 is 0 Å². The monoisotopic (exact) mass is 243 g/mol. The second kappa shape index (κ2) is 4.46. The maximum atomic E-state index is 6.11. The van der Waals surface area contributed by atoms with Crippen LogP contribution in [0, 0.1) is 0 Å². The molecule has 1 aliphatic heterocycles. The molecule has 0 aliphatic carbocycles. The largest absolute Gasteiger partial charge is 0.497 e. The Morgan fingerprint density at radius 2 is 2.33 bits per heavy atom. The number of rotatable bonds is 2. The number of imidazole rings is 1. The van der Waals surface area contributed by atoms with Gasteiger partial charge in [0.2, 0.25) is 0 Å². The van der Waals surface area contributed by atoms with Crippen molar-refractivity contribution in [1.82, 2.24) is 9.55 Å². The first-order valence-electron chi connectivity index (χ1n) is 6.25. The standard InChI is InChI=1S/C14H17N3O/c1-18-11-5-2-4-10(8-11)14-16-9-13-12(15)6-3-7-17(13)14/h2,4-5,8-9,12H,3,6-7,15H2,1H3. The van der Waals surface area contributed by atoms with Gasteiger partial charge in [-0.25, -0.2) is 4.98 Å². The summed E-state index contributed by atoms with van der Waals surface area (Å²) in [4.78, 5) is 4.52. The van der Waals surface area contributed by atoms with Crippen molar-refractivity contribution in [3.8, 4) is 17.1 Å². The minimum atomic E-state index is 0.116. The lowest BCUT2D eigenvalue weighted by molar-refractivity contribution is 0.415. The van der Waals surface area contributed by atoms with E-state index >= 15 is 0 Å². The summed E-state index contributed by atoms with van der Waals surface area (Å²) >= 11 is 0. The van der Waals surface area contributed by atoms with Gasteiger partial charge in [-0.3, -0.25) is 0 Å². The van der Waals surface area contributed by atoms with Crippen molar-refractivity contribution in [2.75, 3.05) is 7.11 Å². The first-order valence-corrected chi connectivity index (χ1v) is 6.25. The molecule has 1 atom stereocenters. The van der Waals surface area contributed by atoms with Gasteiger partial charge in [0, 0.05) is 18.2 Å². The quantitative estimate of drug-likeness (QED) is 0.880. The van der Waals surface area contributed by atoms with Crippen molar-refractivity contribution in [1.29, 1.82) is 0 Å². The van der Waals surface area contributed by atoms with Gasteiger partial charge in [-0.1, -0.05) is 12.1 Å². The van der Waals surface area contributed by atoms with Gasteiger partial charge in [-0.15, -0.1) is 0 Å². The number of aromatic nitrogens is 2.